The molecular weight excluding hydrogens is 338 g/mol. The third-order valence-corrected chi connectivity index (χ3v) is 5.29. The van der Waals surface area contributed by atoms with Crippen LogP contribution in [0.3, 0.4) is 0 Å². The number of likely N-dealkylation sites (tertiary alicyclic amines) is 1. The van der Waals surface area contributed by atoms with Crippen LogP contribution in [0.4, 0.5) is 11.4 Å². The molecule has 1 aromatic carbocycles. The van der Waals surface area contributed by atoms with E-state index >= 15 is 0 Å². The highest BCUT2D eigenvalue weighted by Crippen LogP contribution is 2.23. The number of nitrogens with zero attached hydrogens (tertiary/aromatic N) is 7. The summed E-state index contributed by atoms with van der Waals surface area (Å²) in [5.41, 5.74) is 3.82. The fourth-order valence-electron chi connectivity index (χ4n) is 3.75. The Labute approximate surface area is 160 Å². The van der Waals surface area contributed by atoms with Crippen molar-refractivity contribution < 1.29 is 0 Å². The quantitative estimate of drug-likeness (QED) is 0.789. The Balaban J connectivity index is 1.57. The van der Waals surface area contributed by atoms with Gasteiger partial charge in [0.2, 0.25) is 5.82 Å². The summed E-state index contributed by atoms with van der Waals surface area (Å²) in [6.07, 6.45) is 2.53. The summed E-state index contributed by atoms with van der Waals surface area (Å²) in [4.78, 5) is 9.53. The lowest BCUT2D eigenvalue weighted by atomic mass is 10.2. The molecule has 1 saturated heterocycles. The highest BCUT2D eigenvalue weighted by Gasteiger charge is 2.27. The molecule has 0 unspecified atom stereocenters. The third kappa shape index (κ3) is 3.51. The van der Waals surface area contributed by atoms with Crippen LogP contribution in [0.2, 0.25) is 0 Å². The van der Waals surface area contributed by atoms with Gasteiger partial charge >= 0.3 is 0 Å². The summed E-state index contributed by atoms with van der Waals surface area (Å²) < 4.78 is 1.86. The smallest absolute Gasteiger partial charge is 0.205 e. The van der Waals surface area contributed by atoms with Crippen molar-refractivity contribution in [3.63, 3.8) is 0 Å². The van der Waals surface area contributed by atoms with Crippen molar-refractivity contribution >= 4 is 22.8 Å². The van der Waals surface area contributed by atoms with E-state index in [0.717, 1.165) is 61.5 Å². The number of benzene rings is 1. The lowest BCUT2D eigenvalue weighted by Gasteiger charge is -2.20. The van der Waals surface area contributed by atoms with Gasteiger partial charge in [0.25, 0.3) is 0 Å². The zero-order valence-corrected chi connectivity index (χ0v) is 16.4. The monoisotopic (exact) mass is 365 g/mol. The highest BCUT2D eigenvalue weighted by molar-refractivity contribution is 6.48. The van der Waals surface area contributed by atoms with Gasteiger partial charge in [0.15, 0.2) is 5.82 Å². The van der Waals surface area contributed by atoms with Crippen LogP contribution in [0.5, 0.6) is 0 Å². The van der Waals surface area contributed by atoms with E-state index < -0.39 is 0 Å². The first-order chi connectivity index (χ1) is 13.2. The van der Waals surface area contributed by atoms with Crippen molar-refractivity contribution in [3.8, 4) is 0 Å². The Morgan fingerprint density at radius 2 is 1.74 bits per heavy atom. The van der Waals surface area contributed by atoms with Crippen molar-refractivity contribution in [2.45, 2.75) is 40.2 Å². The highest BCUT2D eigenvalue weighted by atomic mass is 15.5. The number of hydrogen-bond donors (Lipinski definition) is 0. The first-order valence-electron chi connectivity index (χ1n) is 9.86. The first-order valence-corrected chi connectivity index (χ1v) is 9.86. The minimum absolute atomic E-state index is 0.745. The van der Waals surface area contributed by atoms with Crippen LogP contribution in [-0.2, 0) is 6.54 Å². The van der Waals surface area contributed by atoms with Crippen molar-refractivity contribution in [1.82, 2.24) is 19.8 Å². The summed E-state index contributed by atoms with van der Waals surface area (Å²) in [5, 5.41) is 13.4. The molecule has 142 valence electrons. The zero-order chi connectivity index (χ0) is 18.8. The van der Waals surface area contributed by atoms with E-state index in [1.54, 1.807) is 0 Å². The fourth-order valence-corrected chi connectivity index (χ4v) is 3.75. The van der Waals surface area contributed by atoms with E-state index in [9.17, 15) is 0 Å². The molecule has 3 heterocycles. The van der Waals surface area contributed by atoms with Crippen LogP contribution in [0.15, 0.2) is 34.4 Å². The fraction of sp³-hybridized carbons (Fsp3) is 0.500. The molecule has 0 radical (unpaired) electrons. The molecule has 7 heteroatoms. The number of rotatable bonds is 6. The van der Waals surface area contributed by atoms with Gasteiger partial charge in [0.1, 0.15) is 5.71 Å². The second-order valence-electron chi connectivity index (χ2n) is 7.07. The van der Waals surface area contributed by atoms with E-state index in [1.165, 1.54) is 18.5 Å². The van der Waals surface area contributed by atoms with E-state index in [2.05, 4.69) is 63.2 Å². The minimum atomic E-state index is 0.745. The van der Waals surface area contributed by atoms with Crippen molar-refractivity contribution in [2.75, 3.05) is 31.1 Å². The number of fused-ring (bicyclic) bond motifs is 1. The second kappa shape index (κ2) is 7.60. The molecule has 27 heavy (non-hydrogen) atoms. The molecule has 2 aromatic rings. The molecule has 7 nitrogen and oxygen atoms in total. The van der Waals surface area contributed by atoms with Gasteiger partial charge in [-0.1, -0.05) is 0 Å². The van der Waals surface area contributed by atoms with E-state index in [4.69, 9.17) is 4.99 Å². The standard InChI is InChI=1S/C20H27N7/c1-4-26(5-2)17-10-8-16(9-11-17)21-19-15(3)24-27-18(22-23-20(19)27)14-25-12-6-7-13-25/h8-11H,4-7,12-14H2,1-3H3. The second-order valence-corrected chi connectivity index (χ2v) is 7.07. The van der Waals surface area contributed by atoms with Crippen molar-refractivity contribution in [3.05, 3.63) is 35.9 Å². The topological polar surface area (TPSA) is 61.9 Å². The van der Waals surface area contributed by atoms with E-state index in [-0.39, 0.29) is 0 Å². The molecule has 0 saturated carbocycles. The molecule has 1 aromatic heterocycles. The molecule has 0 N–H and O–H groups in total. The van der Waals surface area contributed by atoms with Gasteiger partial charge in [-0.2, -0.15) is 9.78 Å². The summed E-state index contributed by atoms with van der Waals surface area (Å²) in [6, 6.07) is 8.35. The van der Waals surface area contributed by atoms with Gasteiger partial charge in [0.05, 0.1) is 17.9 Å². The average molecular weight is 365 g/mol. The number of aromatic nitrogens is 3. The maximum absolute atomic E-state index is 4.81. The predicted octanol–water partition coefficient (Wildman–Crippen LogP) is 3.08. The lowest BCUT2D eigenvalue weighted by molar-refractivity contribution is 0.318. The van der Waals surface area contributed by atoms with Crippen LogP contribution in [0.25, 0.3) is 0 Å². The normalized spacial score (nSPS) is 18.2. The van der Waals surface area contributed by atoms with Gasteiger partial charge in [0, 0.05) is 18.8 Å². The molecular formula is C20H27N7. The summed E-state index contributed by atoms with van der Waals surface area (Å²) in [7, 11) is 0. The Morgan fingerprint density at radius 1 is 1.04 bits per heavy atom. The SMILES string of the molecule is CCN(CC)c1ccc(N=C2C(C)=Nn3c(CN4CCCC4)nnc32)cc1. The first kappa shape index (κ1) is 17.9. The molecule has 4 rings (SSSR count). The van der Waals surface area contributed by atoms with Gasteiger partial charge in [-0.05, 0) is 71.0 Å². The van der Waals surface area contributed by atoms with Gasteiger partial charge in [-0.15, -0.1) is 10.2 Å². The Hall–Kier alpha value is -2.54. The Morgan fingerprint density at radius 3 is 2.41 bits per heavy atom. The van der Waals surface area contributed by atoms with Gasteiger partial charge in [-0.25, -0.2) is 4.99 Å². The maximum Gasteiger partial charge on any atom is 0.205 e. The molecule has 1 fully saturated rings. The molecule has 0 bridgehead atoms. The Kier molecular flexibility index (Phi) is 5.03. The summed E-state index contributed by atoms with van der Waals surface area (Å²) in [5.74, 6) is 1.64. The van der Waals surface area contributed by atoms with Gasteiger partial charge < -0.3 is 4.90 Å². The molecule has 2 aliphatic heterocycles. The van der Waals surface area contributed by atoms with Crippen LogP contribution in [-0.4, -0.2) is 57.4 Å². The number of aliphatic imine (C=N–C) groups is 1. The predicted molar refractivity (Wildman–Crippen MR) is 109 cm³/mol. The molecule has 2 aliphatic rings. The number of anilines is 1. The minimum Gasteiger partial charge on any atom is -0.372 e. The lowest BCUT2D eigenvalue weighted by Crippen LogP contribution is -2.21. The number of hydrogen-bond acceptors (Lipinski definition) is 6. The molecule has 0 aliphatic carbocycles. The van der Waals surface area contributed by atoms with Crippen LogP contribution < -0.4 is 4.90 Å². The van der Waals surface area contributed by atoms with Crippen LogP contribution in [0.1, 0.15) is 45.3 Å². The Bertz CT molecular complexity index is 853. The van der Waals surface area contributed by atoms with Gasteiger partial charge in [-0.3, -0.25) is 4.90 Å². The maximum atomic E-state index is 4.81. The van der Waals surface area contributed by atoms with Crippen molar-refractivity contribution in [2.24, 2.45) is 10.1 Å². The summed E-state index contributed by atoms with van der Waals surface area (Å²) >= 11 is 0. The molecule has 0 spiro atoms. The van der Waals surface area contributed by atoms with Crippen LogP contribution in [0, 0.1) is 0 Å². The van der Waals surface area contributed by atoms with Crippen LogP contribution >= 0.6 is 0 Å². The molecule has 0 amide bonds. The third-order valence-electron chi connectivity index (χ3n) is 5.29. The van der Waals surface area contributed by atoms with E-state index in [1.807, 2.05) is 11.6 Å². The van der Waals surface area contributed by atoms with Crippen molar-refractivity contribution in [1.29, 1.82) is 0 Å². The zero-order valence-electron chi connectivity index (χ0n) is 16.4. The summed E-state index contributed by atoms with van der Waals surface area (Å²) in [6.45, 7) is 11.4. The average Bonchev–Trinajstić information content (AvgIpc) is 3.39. The van der Waals surface area contributed by atoms with E-state index in [0.29, 0.717) is 0 Å². The molecule has 0 atom stereocenters. The largest absolute Gasteiger partial charge is 0.372 e.